The summed E-state index contributed by atoms with van der Waals surface area (Å²) in [5.41, 5.74) is 3.04. The minimum atomic E-state index is 0.590. The molecule has 0 bridgehead atoms. The Bertz CT molecular complexity index is 571. The zero-order chi connectivity index (χ0) is 14.7. The fourth-order valence-electron chi connectivity index (χ4n) is 2.90. The van der Waals surface area contributed by atoms with Gasteiger partial charge in [-0.3, -0.25) is 0 Å². The molecule has 0 radical (unpaired) electrons. The molecule has 3 nitrogen and oxygen atoms in total. The molecule has 0 unspecified atom stereocenters. The van der Waals surface area contributed by atoms with E-state index in [1.165, 1.54) is 32.1 Å². The number of nitrogens with zero attached hydrogens (tertiary/aromatic N) is 2. The second-order valence-electron chi connectivity index (χ2n) is 5.70. The van der Waals surface area contributed by atoms with Gasteiger partial charge in [0.2, 0.25) is 0 Å². The summed E-state index contributed by atoms with van der Waals surface area (Å²) in [6.07, 6.45) is 8.61. The smallest absolute Gasteiger partial charge is 0.138 e. The molecule has 0 atom stereocenters. The maximum absolute atomic E-state index is 5.59. The first-order chi connectivity index (χ1) is 10.3. The van der Waals surface area contributed by atoms with Gasteiger partial charge in [-0.05, 0) is 31.9 Å². The van der Waals surface area contributed by atoms with Crippen molar-refractivity contribution in [2.45, 2.75) is 45.1 Å². The van der Waals surface area contributed by atoms with Crippen LogP contribution >= 0.6 is 12.2 Å². The average Bonchev–Trinajstić information content (AvgIpc) is 2.82. The molecule has 1 saturated carbocycles. The number of thiocarbonyl (C=S) groups is 1. The topological polar surface area (TPSA) is 27.6 Å². The SMILES string of the molecule is CC1=NN(c2ccccc2)C(=S)C1=CNC1CCCCC1. The molecule has 1 heterocycles. The summed E-state index contributed by atoms with van der Waals surface area (Å²) in [4.78, 5) is 0.780. The number of rotatable bonds is 3. The van der Waals surface area contributed by atoms with Crippen molar-refractivity contribution in [3.8, 4) is 0 Å². The summed E-state index contributed by atoms with van der Waals surface area (Å²) < 4.78 is 0. The van der Waals surface area contributed by atoms with E-state index in [-0.39, 0.29) is 0 Å². The second kappa shape index (κ2) is 6.39. The van der Waals surface area contributed by atoms with Crippen LogP contribution in [-0.2, 0) is 0 Å². The largest absolute Gasteiger partial charge is 0.388 e. The number of benzene rings is 1. The van der Waals surface area contributed by atoms with E-state index < -0.39 is 0 Å². The van der Waals surface area contributed by atoms with Crippen LogP contribution in [0.4, 0.5) is 5.69 Å². The van der Waals surface area contributed by atoms with Crippen molar-refractivity contribution in [1.29, 1.82) is 0 Å². The first-order valence-corrected chi connectivity index (χ1v) is 8.08. The molecular weight excluding hydrogens is 278 g/mol. The number of hydrazone groups is 1. The Labute approximate surface area is 131 Å². The Kier molecular flexibility index (Phi) is 4.34. The van der Waals surface area contributed by atoms with E-state index in [0.29, 0.717) is 6.04 Å². The molecule has 1 aromatic rings. The summed E-state index contributed by atoms with van der Waals surface area (Å²) in [6, 6.07) is 10.7. The third kappa shape index (κ3) is 3.16. The Balaban J connectivity index is 1.72. The van der Waals surface area contributed by atoms with E-state index in [0.717, 1.165) is 22.0 Å². The van der Waals surface area contributed by atoms with Gasteiger partial charge >= 0.3 is 0 Å². The molecule has 1 aromatic carbocycles. The first-order valence-electron chi connectivity index (χ1n) is 7.67. The third-order valence-corrected chi connectivity index (χ3v) is 4.52. The highest BCUT2D eigenvalue weighted by Gasteiger charge is 2.25. The molecule has 1 fully saturated rings. The summed E-state index contributed by atoms with van der Waals surface area (Å²) in [7, 11) is 0. The van der Waals surface area contributed by atoms with Crippen LogP contribution in [0.15, 0.2) is 47.2 Å². The Morgan fingerprint density at radius 1 is 1.19 bits per heavy atom. The van der Waals surface area contributed by atoms with Gasteiger partial charge < -0.3 is 5.32 Å². The normalized spacial score (nSPS) is 21.8. The lowest BCUT2D eigenvalue weighted by Crippen LogP contribution is -2.28. The maximum atomic E-state index is 5.59. The lowest BCUT2D eigenvalue weighted by molar-refractivity contribution is 0.404. The van der Waals surface area contributed by atoms with Crippen LogP contribution in [0.3, 0.4) is 0 Å². The summed E-state index contributed by atoms with van der Waals surface area (Å²) in [5.74, 6) is 0. The van der Waals surface area contributed by atoms with Crippen LogP contribution in [0.1, 0.15) is 39.0 Å². The number of hydrogen-bond donors (Lipinski definition) is 1. The number of nitrogens with one attached hydrogen (secondary N) is 1. The van der Waals surface area contributed by atoms with E-state index in [1.54, 1.807) is 0 Å². The lowest BCUT2D eigenvalue weighted by Gasteiger charge is -2.22. The highest BCUT2D eigenvalue weighted by atomic mass is 32.1. The Morgan fingerprint density at radius 3 is 2.62 bits per heavy atom. The highest BCUT2D eigenvalue weighted by Crippen LogP contribution is 2.24. The van der Waals surface area contributed by atoms with E-state index in [1.807, 2.05) is 42.3 Å². The van der Waals surface area contributed by atoms with Crippen LogP contribution in [0.2, 0.25) is 0 Å². The van der Waals surface area contributed by atoms with Crippen LogP contribution in [0, 0.1) is 0 Å². The molecule has 1 N–H and O–H groups in total. The zero-order valence-corrected chi connectivity index (χ0v) is 13.2. The molecule has 0 aromatic heterocycles. The molecule has 21 heavy (non-hydrogen) atoms. The van der Waals surface area contributed by atoms with Crippen LogP contribution < -0.4 is 10.3 Å². The van der Waals surface area contributed by atoms with E-state index in [4.69, 9.17) is 12.2 Å². The van der Waals surface area contributed by atoms with Crippen molar-refractivity contribution in [3.63, 3.8) is 0 Å². The molecule has 0 saturated heterocycles. The summed E-state index contributed by atoms with van der Waals surface area (Å²) in [6.45, 7) is 2.02. The van der Waals surface area contributed by atoms with Gasteiger partial charge in [0.15, 0.2) is 0 Å². The van der Waals surface area contributed by atoms with E-state index in [2.05, 4.69) is 16.6 Å². The number of hydrogen-bond acceptors (Lipinski definition) is 3. The monoisotopic (exact) mass is 299 g/mol. The van der Waals surface area contributed by atoms with Crippen molar-refractivity contribution >= 4 is 28.6 Å². The van der Waals surface area contributed by atoms with Gasteiger partial charge in [-0.2, -0.15) is 5.10 Å². The molecular formula is C17H21N3S. The Morgan fingerprint density at radius 2 is 1.90 bits per heavy atom. The average molecular weight is 299 g/mol. The lowest BCUT2D eigenvalue weighted by atomic mass is 9.95. The molecule has 0 spiro atoms. The standard InChI is InChI=1S/C17H21N3S/c1-13-16(12-18-14-8-4-2-5-9-14)17(21)20(19-13)15-10-6-3-7-11-15/h3,6-7,10-12,14,18H,2,4-5,8-9H2,1H3. The third-order valence-electron chi connectivity index (χ3n) is 4.13. The van der Waals surface area contributed by atoms with Crippen LogP contribution in [-0.4, -0.2) is 16.7 Å². The molecule has 1 aliphatic heterocycles. The molecule has 1 aliphatic carbocycles. The van der Waals surface area contributed by atoms with Gasteiger partial charge in [-0.25, -0.2) is 5.01 Å². The molecule has 3 rings (SSSR count). The molecule has 0 amide bonds. The van der Waals surface area contributed by atoms with Gasteiger partial charge in [0.05, 0.1) is 17.0 Å². The molecule has 110 valence electrons. The first kappa shape index (κ1) is 14.3. The highest BCUT2D eigenvalue weighted by molar-refractivity contribution is 7.81. The molecule has 2 aliphatic rings. The van der Waals surface area contributed by atoms with Gasteiger partial charge in [0.25, 0.3) is 0 Å². The number of para-hydroxylation sites is 1. The van der Waals surface area contributed by atoms with E-state index in [9.17, 15) is 0 Å². The Hall–Kier alpha value is -1.68. The van der Waals surface area contributed by atoms with Crippen molar-refractivity contribution in [2.24, 2.45) is 5.10 Å². The minimum Gasteiger partial charge on any atom is -0.388 e. The van der Waals surface area contributed by atoms with Crippen molar-refractivity contribution in [1.82, 2.24) is 5.32 Å². The van der Waals surface area contributed by atoms with E-state index >= 15 is 0 Å². The summed E-state index contributed by atoms with van der Waals surface area (Å²) >= 11 is 5.59. The molecule has 4 heteroatoms. The fourth-order valence-corrected chi connectivity index (χ4v) is 3.25. The van der Waals surface area contributed by atoms with Crippen LogP contribution in [0.5, 0.6) is 0 Å². The maximum Gasteiger partial charge on any atom is 0.138 e. The van der Waals surface area contributed by atoms with Crippen molar-refractivity contribution in [2.75, 3.05) is 5.01 Å². The van der Waals surface area contributed by atoms with Gasteiger partial charge in [-0.1, -0.05) is 49.7 Å². The van der Waals surface area contributed by atoms with Gasteiger partial charge in [0.1, 0.15) is 4.99 Å². The quantitative estimate of drug-likeness (QED) is 0.675. The minimum absolute atomic E-state index is 0.590. The second-order valence-corrected chi connectivity index (χ2v) is 6.08. The van der Waals surface area contributed by atoms with Crippen molar-refractivity contribution < 1.29 is 0 Å². The number of anilines is 1. The fraction of sp³-hybridized carbons (Fsp3) is 0.412. The predicted octanol–water partition coefficient (Wildman–Crippen LogP) is 4.02. The summed E-state index contributed by atoms with van der Waals surface area (Å²) in [5, 5.41) is 9.97. The van der Waals surface area contributed by atoms with Crippen LogP contribution in [0.25, 0.3) is 0 Å². The predicted molar refractivity (Wildman–Crippen MR) is 92.7 cm³/mol. The zero-order valence-electron chi connectivity index (χ0n) is 12.4. The van der Waals surface area contributed by atoms with Crippen molar-refractivity contribution in [3.05, 3.63) is 42.1 Å². The van der Waals surface area contributed by atoms with Gasteiger partial charge in [-0.15, -0.1) is 0 Å². The van der Waals surface area contributed by atoms with Gasteiger partial charge in [0, 0.05) is 12.2 Å².